The molecule has 0 fully saturated rings. The van der Waals surface area contributed by atoms with Crippen LogP contribution in [0.4, 0.5) is 0 Å². The summed E-state index contributed by atoms with van der Waals surface area (Å²) in [6, 6.07) is 43.7. The summed E-state index contributed by atoms with van der Waals surface area (Å²) in [4.78, 5) is 15.3. The lowest BCUT2D eigenvalue weighted by Crippen LogP contribution is -2.07. The fraction of sp³-hybridized carbons (Fsp3) is 0.0250. The van der Waals surface area contributed by atoms with Gasteiger partial charge in [-0.2, -0.15) is 9.97 Å². The lowest BCUT2D eigenvalue weighted by molar-refractivity contribution is 0.952. The van der Waals surface area contributed by atoms with E-state index in [-0.39, 0.29) is 0 Å². The number of para-hydroxylation sites is 2. The van der Waals surface area contributed by atoms with Gasteiger partial charge in [-0.05, 0) is 36.8 Å². The molecule has 8 rings (SSSR count). The van der Waals surface area contributed by atoms with Crippen molar-refractivity contribution in [2.75, 3.05) is 0 Å². The molecule has 0 radical (unpaired) electrons. The summed E-state index contributed by atoms with van der Waals surface area (Å²) in [5.74, 6) is 1.83. The van der Waals surface area contributed by atoms with Gasteiger partial charge in [-0.25, -0.2) is 4.98 Å². The molecule has 0 N–H and O–H groups in total. The Morgan fingerprint density at radius 1 is 0.556 bits per heavy atom. The molecule has 214 valence electrons. The maximum Gasteiger partial charge on any atom is 0.238 e. The van der Waals surface area contributed by atoms with Crippen molar-refractivity contribution in [3.63, 3.8) is 0 Å². The first-order valence-corrected chi connectivity index (χ1v) is 15.0. The number of benzene rings is 5. The highest BCUT2D eigenvalue weighted by Gasteiger charge is 2.23. The van der Waals surface area contributed by atoms with Crippen molar-refractivity contribution >= 4 is 38.8 Å². The van der Waals surface area contributed by atoms with Gasteiger partial charge in [0, 0.05) is 38.7 Å². The van der Waals surface area contributed by atoms with Gasteiger partial charge in [0.05, 0.1) is 16.6 Å². The molecule has 0 atom stereocenters. The predicted octanol–water partition coefficient (Wildman–Crippen LogP) is 9.75. The van der Waals surface area contributed by atoms with Crippen molar-refractivity contribution in [1.82, 2.24) is 24.1 Å². The average Bonchev–Trinajstić information content (AvgIpc) is 3.60. The van der Waals surface area contributed by atoms with Gasteiger partial charge < -0.3 is 4.57 Å². The van der Waals surface area contributed by atoms with Crippen LogP contribution in [0.1, 0.15) is 11.3 Å². The van der Waals surface area contributed by atoms with Gasteiger partial charge in [0.25, 0.3) is 0 Å². The second-order valence-electron chi connectivity index (χ2n) is 11.0. The average molecular weight is 580 g/mol. The molecule has 45 heavy (non-hydrogen) atoms. The van der Waals surface area contributed by atoms with Crippen LogP contribution < -0.4 is 0 Å². The summed E-state index contributed by atoms with van der Waals surface area (Å²) < 4.78 is 4.56. The summed E-state index contributed by atoms with van der Waals surface area (Å²) in [5.41, 5.74) is 8.42. The van der Waals surface area contributed by atoms with Gasteiger partial charge in [-0.15, -0.1) is 0 Å². The Balaban J connectivity index is 1.56. The van der Waals surface area contributed by atoms with Crippen LogP contribution in [-0.2, 0) is 0 Å². The van der Waals surface area contributed by atoms with Crippen LogP contribution in [0.2, 0.25) is 0 Å². The van der Waals surface area contributed by atoms with Crippen LogP contribution in [0.25, 0.3) is 73.2 Å². The number of hydrogen-bond donors (Lipinski definition) is 0. The second-order valence-corrected chi connectivity index (χ2v) is 11.0. The molecule has 5 nitrogen and oxygen atoms in total. The van der Waals surface area contributed by atoms with Crippen molar-refractivity contribution < 1.29 is 0 Å². The first kappa shape index (κ1) is 26.5. The Morgan fingerprint density at radius 3 is 1.76 bits per heavy atom. The highest BCUT2D eigenvalue weighted by Crippen LogP contribution is 2.40. The van der Waals surface area contributed by atoms with Crippen molar-refractivity contribution in [1.29, 1.82) is 0 Å². The highest BCUT2D eigenvalue weighted by molar-refractivity contribution is 6.19. The largest absolute Gasteiger partial charge is 0.308 e. The monoisotopic (exact) mass is 579 g/mol. The number of aryl methyl sites for hydroxylation is 1. The van der Waals surface area contributed by atoms with Gasteiger partial charge >= 0.3 is 0 Å². The minimum absolute atomic E-state index is 0.572. The molecule has 0 spiro atoms. The number of aromatic nitrogens is 5. The Kier molecular flexibility index (Phi) is 6.42. The molecule has 5 aromatic carbocycles. The zero-order chi connectivity index (χ0) is 30.3. The van der Waals surface area contributed by atoms with Crippen LogP contribution in [0.15, 0.2) is 146 Å². The standard InChI is InChI=1S/C40H29N5/c1-3-4-23-34-27(2)31-25-26-33-32-22-14-15-24-35(32)45(37(33)36(31)44(34)30-20-12-7-13-21-30)40-42-38(28-16-8-5-9-17-28)41-39(43-40)29-18-10-6-11-19-29/h3-26H,1H2,2H3/b23-4-. The minimum Gasteiger partial charge on any atom is -0.308 e. The summed E-state index contributed by atoms with van der Waals surface area (Å²) in [6.45, 7) is 6.13. The van der Waals surface area contributed by atoms with E-state index in [1.54, 1.807) is 0 Å². The fourth-order valence-electron chi connectivity index (χ4n) is 6.30. The van der Waals surface area contributed by atoms with E-state index in [1.165, 1.54) is 10.9 Å². The van der Waals surface area contributed by atoms with Crippen molar-refractivity contribution in [3.8, 4) is 34.4 Å². The molecule has 0 saturated heterocycles. The molecular weight excluding hydrogens is 550 g/mol. The third kappa shape index (κ3) is 4.36. The Morgan fingerprint density at radius 2 is 1.11 bits per heavy atom. The Bertz CT molecular complexity index is 2320. The number of rotatable bonds is 6. The molecule has 0 bridgehead atoms. The lowest BCUT2D eigenvalue weighted by atomic mass is 10.1. The van der Waals surface area contributed by atoms with Gasteiger partial charge in [0.15, 0.2) is 11.6 Å². The third-order valence-electron chi connectivity index (χ3n) is 8.35. The molecule has 0 aliphatic rings. The van der Waals surface area contributed by atoms with Crippen molar-refractivity contribution in [3.05, 3.63) is 157 Å². The van der Waals surface area contributed by atoms with Crippen LogP contribution in [0.3, 0.4) is 0 Å². The molecule has 8 aromatic rings. The molecule has 0 saturated carbocycles. The van der Waals surface area contributed by atoms with Crippen LogP contribution in [-0.4, -0.2) is 24.1 Å². The number of fused-ring (bicyclic) bond motifs is 5. The third-order valence-corrected chi connectivity index (χ3v) is 8.35. The topological polar surface area (TPSA) is 48.5 Å². The molecule has 0 amide bonds. The van der Waals surface area contributed by atoms with Crippen molar-refractivity contribution in [2.24, 2.45) is 0 Å². The van der Waals surface area contributed by atoms with Crippen LogP contribution in [0, 0.1) is 6.92 Å². The molecule has 0 aliphatic heterocycles. The number of allylic oxidation sites excluding steroid dienone is 2. The zero-order valence-corrected chi connectivity index (χ0v) is 24.8. The highest BCUT2D eigenvalue weighted by atomic mass is 15.2. The number of nitrogens with zero attached hydrogens (tertiary/aromatic N) is 5. The van der Waals surface area contributed by atoms with E-state index in [9.17, 15) is 0 Å². The molecular formula is C40H29N5. The van der Waals surface area contributed by atoms with E-state index in [2.05, 4.69) is 95.4 Å². The fourth-order valence-corrected chi connectivity index (χ4v) is 6.30. The van der Waals surface area contributed by atoms with E-state index in [1.807, 2.05) is 72.8 Å². The van der Waals surface area contributed by atoms with E-state index in [0.717, 1.165) is 49.8 Å². The van der Waals surface area contributed by atoms with E-state index >= 15 is 0 Å². The number of hydrogen-bond acceptors (Lipinski definition) is 3. The summed E-state index contributed by atoms with van der Waals surface area (Å²) in [7, 11) is 0. The first-order valence-electron chi connectivity index (χ1n) is 15.0. The zero-order valence-electron chi connectivity index (χ0n) is 24.8. The van der Waals surface area contributed by atoms with Crippen molar-refractivity contribution in [2.45, 2.75) is 6.92 Å². The second kappa shape index (κ2) is 10.9. The quantitative estimate of drug-likeness (QED) is 0.184. The van der Waals surface area contributed by atoms with Crippen LogP contribution >= 0.6 is 0 Å². The predicted molar refractivity (Wildman–Crippen MR) is 186 cm³/mol. The van der Waals surface area contributed by atoms with E-state index in [0.29, 0.717) is 17.6 Å². The van der Waals surface area contributed by atoms with E-state index in [4.69, 9.17) is 15.0 Å². The summed E-state index contributed by atoms with van der Waals surface area (Å²) >= 11 is 0. The normalized spacial score (nSPS) is 11.7. The van der Waals surface area contributed by atoms with E-state index < -0.39 is 0 Å². The minimum atomic E-state index is 0.572. The maximum absolute atomic E-state index is 5.16. The van der Waals surface area contributed by atoms with Gasteiger partial charge in [0.2, 0.25) is 5.95 Å². The molecule has 5 heteroatoms. The van der Waals surface area contributed by atoms with Gasteiger partial charge in [-0.3, -0.25) is 4.57 Å². The molecule has 3 heterocycles. The maximum atomic E-state index is 5.16. The molecule has 0 aliphatic carbocycles. The lowest BCUT2D eigenvalue weighted by Gasteiger charge is -2.13. The molecule has 0 unspecified atom stereocenters. The SMILES string of the molecule is C=C/C=C\c1c(C)c2ccc3c4ccccc4n(-c4nc(-c5ccccc5)nc(-c5ccccc5)n4)c3c2n1-c1ccccc1. The van der Waals surface area contributed by atoms with Gasteiger partial charge in [-0.1, -0.05) is 128 Å². The van der Waals surface area contributed by atoms with Crippen LogP contribution in [0.5, 0.6) is 0 Å². The summed E-state index contributed by atoms with van der Waals surface area (Å²) in [5, 5.41) is 3.44. The van der Waals surface area contributed by atoms with Gasteiger partial charge in [0.1, 0.15) is 0 Å². The Hall–Kier alpha value is -6.07. The molecule has 3 aromatic heterocycles. The smallest absolute Gasteiger partial charge is 0.238 e. The Labute approximate surface area is 261 Å². The first-order chi connectivity index (χ1) is 22.2. The summed E-state index contributed by atoms with van der Waals surface area (Å²) in [6.07, 6.45) is 5.95.